The number of nitrogens with one attached hydrogen (secondary N) is 1. The summed E-state index contributed by atoms with van der Waals surface area (Å²) in [5.41, 5.74) is 2.43. The van der Waals surface area contributed by atoms with Crippen molar-refractivity contribution in [3.63, 3.8) is 0 Å². The summed E-state index contributed by atoms with van der Waals surface area (Å²) < 4.78 is 5.27. The quantitative estimate of drug-likeness (QED) is 0.474. The van der Waals surface area contributed by atoms with Crippen LogP contribution in [0.5, 0.6) is 0 Å². The molecule has 0 aliphatic rings. The van der Waals surface area contributed by atoms with Crippen molar-refractivity contribution in [2.45, 2.75) is 6.92 Å². The normalized spacial score (nSPS) is 10.4. The van der Waals surface area contributed by atoms with E-state index in [0.717, 1.165) is 0 Å². The van der Waals surface area contributed by atoms with Gasteiger partial charge in [0.15, 0.2) is 5.82 Å². The Bertz CT molecular complexity index is 376. The topological polar surface area (TPSA) is 63.4 Å². The van der Waals surface area contributed by atoms with E-state index in [4.69, 9.17) is 33.8 Å². The lowest BCUT2D eigenvalue weighted by molar-refractivity contribution is 0.154. The highest BCUT2D eigenvalue weighted by molar-refractivity contribution is 6.37. The van der Waals surface area contributed by atoms with E-state index in [1.807, 2.05) is 18.9 Å². The van der Waals surface area contributed by atoms with Crippen LogP contribution in [0.2, 0.25) is 10.0 Å². The number of hydrogen-bond donors (Lipinski definition) is 2. The second kappa shape index (κ2) is 6.86. The van der Waals surface area contributed by atoms with Crippen LogP contribution < -0.4 is 16.2 Å². The molecule has 0 aliphatic heterocycles. The van der Waals surface area contributed by atoms with Gasteiger partial charge in [0.05, 0.1) is 16.7 Å². The maximum Gasteiger partial charge on any atom is 0.161 e. The van der Waals surface area contributed by atoms with Gasteiger partial charge in [-0.2, -0.15) is 0 Å². The molecule has 1 aromatic rings. The molecule has 0 radical (unpaired) electrons. The van der Waals surface area contributed by atoms with Gasteiger partial charge in [-0.3, -0.25) is 0 Å². The number of rotatable bonds is 6. The number of halogens is 2. The fourth-order valence-corrected chi connectivity index (χ4v) is 1.83. The average Bonchev–Trinajstić information content (AvgIpc) is 2.29. The van der Waals surface area contributed by atoms with Crippen molar-refractivity contribution in [3.8, 4) is 0 Å². The Morgan fingerprint density at radius 2 is 2.18 bits per heavy atom. The summed E-state index contributed by atoms with van der Waals surface area (Å²) in [7, 11) is 1.88. The van der Waals surface area contributed by atoms with Crippen molar-refractivity contribution < 1.29 is 4.74 Å². The van der Waals surface area contributed by atoms with Crippen LogP contribution in [0.15, 0.2) is 6.07 Å². The van der Waals surface area contributed by atoms with Crippen LogP contribution in [0.3, 0.4) is 0 Å². The van der Waals surface area contributed by atoms with Crippen molar-refractivity contribution in [1.82, 2.24) is 4.98 Å². The molecule has 3 N–H and O–H groups in total. The van der Waals surface area contributed by atoms with Crippen LogP contribution in [-0.2, 0) is 4.74 Å². The smallest absolute Gasteiger partial charge is 0.161 e. The highest BCUT2D eigenvalue weighted by atomic mass is 35.5. The Labute approximate surface area is 111 Å². The molecule has 0 bridgehead atoms. The van der Waals surface area contributed by atoms with Crippen LogP contribution in [0.1, 0.15) is 6.92 Å². The second-order valence-corrected chi connectivity index (χ2v) is 4.20. The van der Waals surface area contributed by atoms with Crippen molar-refractivity contribution >= 4 is 34.8 Å². The molecule has 0 atom stereocenters. The summed E-state index contributed by atoms with van der Waals surface area (Å²) in [5, 5.41) is 0.868. The van der Waals surface area contributed by atoms with E-state index < -0.39 is 0 Å². The van der Waals surface area contributed by atoms with Gasteiger partial charge in [-0.25, -0.2) is 10.8 Å². The lowest BCUT2D eigenvalue weighted by atomic mass is 10.4. The van der Waals surface area contributed by atoms with Gasteiger partial charge in [0, 0.05) is 20.2 Å². The van der Waals surface area contributed by atoms with Gasteiger partial charge < -0.3 is 15.1 Å². The van der Waals surface area contributed by atoms with E-state index in [2.05, 4.69) is 10.4 Å². The first-order chi connectivity index (χ1) is 8.10. The highest BCUT2D eigenvalue weighted by Crippen LogP contribution is 2.30. The molecule has 0 fully saturated rings. The number of nitrogen functional groups attached to an aromatic ring is 1. The predicted octanol–water partition coefficient (Wildman–Crippen LogP) is 2.15. The molecular weight excluding hydrogens is 263 g/mol. The average molecular weight is 279 g/mol. The minimum Gasteiger partial charge on any atom is -0.380 e. The molecule has 1 heterocycles. The number of nitrogens with zero attached hydrogens (tertiary/aromatic N) is 2. The number of likely N-dealkylation sites (N-methyl/N-ethyl adjacent to an activating group) is 1. The Morgan fingerprint density at radius 1 is 1.47 bits per heavy atom. The molecule has 0 spiro atoms. The summed E-state index contributed by atoms with van der Waals surface area (Å²) in [6.45, 7) is 3.93. The molecule has 0 amide bonds. The number of ether oxygens (including phenoxy) is 1. The van der Waals surface area contributed by atoms with E-state index in [9.17, 15) is 0 Å². The fraction of sp³-hybridized carbons (Fsp3) is 0.500. The molecule has 1 aromatic heterocycles. The van der Waals surface area contributed by atoms with Crippen molar-refractivity contribution in [2.24, 2.45) is 5.84 Å². The van der Waals surface area contributed by atoms with E-state index in [1.165, 1.54) is 0 Å². The monoisotopic (exact) mass is 278 g/mol. The highest BCUT2D eigenvalue weighted by Gasteiger charge is 2.12. The maximum absolute atomic E-state index is 6.07. The summed E-state index contributed by atoms with van der Waals surface area (Å²) in [6, 6.07) is 1.61. The summed E-state index contributed by atoms with van der Waals surface area (Å²) >= 11 is 12.0. The van der Waals surface area contributed by atoms with Gasteiger partial charge in [0.2, 0.25) is 0 Å². The Kier molecular flexibility index (Phi) is 5.77. The van der Waals surface area contributed by atoms with Gasteiger partial charge in [0.25, 0.3) is 0 Å². The maximum atomic E-state index is 6.07. The van der Waals surface area contributed by atoms with Gasteiger partial charge in [0.1, 0.15) is 5.82 Å². The first kappa shape index (κ1) is 14.3. The summed E-state index contributed by atoms with van der Waals surface area (Å²) in [4.78, 5) is 6.12. The third kappa shape index (κ3) is 3.89. The van der Waals surface area contributed by atoms with Gasteiger partial charge in [-0.1, -0.05) is 23.2 Å². The molecule has 0 unspecified atom stereocenters. The minimum atomic E-state index is 0.388. The Morgan fingerprint density at radius 3 is 2.76 bits per heavy atom. The van der Waals surface area contributed by atoms with E-state index >= 15 is 0 Å². The molecule has 7 heteroatoms. The Hall–Kier alpha value is -0.750. The van der Waals surface area contributed by atoms with E-state index in [1.54, 1.807) is 6.07 Å². The summed E-state index contributed by atoms with van der Waals surface area (Å²) in [6.07, 6.45) is 0. The molecule has 96 valence electrons. The number of hydrazine groups is 1. The van der Waals surface area contributed by atoms with Crippen LogP contribution in [0.4, 0.5) is 11.6 Å². The Balaban J connectivity index is 2.81. The van der Waals surface area contributed by atoms with E-state index in [-0.39, 0.29) is 0 Å². The van der Waals surface area contributed by atoms with Gasteiger partial charge in [-0.15, -0.1) is 0 Å². The van der Waals surface area contributed by atoms with Gasteiger partial charge in [-0.05, 0) is 13.0 Å². The van der Waals surface area contributed by atoms with Crippen LogP contribution in [-0.4, -0.2) is 31.8 Å². The number of aromatic nitrogens is 1. The molecule has 0 aromatic carbocycles. The van der Waals surface area contributed by atoms with E-state index in [0.29, 0.717) is 41.4 Å². The van der Waals surface area contributed by atoms with Gasteiger partial charge >= 0.3 is 0 Å². The zero-order valence-corrected chi connectivity index (χ0v) is 11.3. The number of nitrogens with two attached hydrogens (primary N) is 1. The molecule has 5 nitrogen and oxygen atoms in total. The molecular formula is C10H16Cl2N4O. The van der Waals surface area contributed by atoms with Crippen molar-refractivity contribution in [2.75, 3.05) is 37.1 Å². The molecule has 1 rings (SSSR count). The lowest BCUT2D eigenvalue weighted by Gasteiger charge is -2.20. The van der Waals surface area contributed by atoms with Crippen LogP contribution in [0, 0.1) is 0 Å². The molecule has 0 saturated carbocycles. The number of hydrogen-bond acceptors (Lipinski definition) is 5. The third-order valence-electron chi connectivity index (χ3n) is 2.18. The van der Waals surface area contributed by atoms with Crippen LogP contribution >= 0.6 is 23.2 Å². The predicted molar refractivity (Wildman–Crippen MR) is 71.8 cm³/mol. The zero-order chi connectivity index (χ0) is 12.8. The SMILES string of the molecule is CCOCCN(C)c1nc(NN)c(Cl)cc1Cl. The fourth-order valence-electron chi connectivity index (χ4n) is 1.28. The minimum absolute atomic E-state index is 0.388. The summed E-state index contributed by atoms with van der Waals surface area (Å²) in [5.74, 6) is 6.32. The third-order valence-corrected chi connectivity index (χ3v) is 2.75. The largest absolute Gasteiger partial charge is 0.380 e. The second-order valence-electron chi connectivity index (χ2n) is 3.39. The van der Waals surface area contributed by atoms with Crippen molar-refractivity contribution in [3.05, 3.63) is 16.1 Å². The first-order valence-corrected chi connectivity index (χ1v) is 5.97. The van der Waals surface area contributed by atoms with Crippen LogP contribution in [0.25, 0.3) is 0 Å². The van der Waals surface area contributed by atoms with Crippen molar-refractivity contribution in [1.29, 1.82) is 0 Å². The number of anilines is 2. The molecule has 0 aliphatic carbocycles. The number of pyridine rings is 1. The first-order valence-electron chi connectivity index (χ1n) is 5.21. The zero-order valence-electron chi connectivity index (χ0n) is 9.83. The molecule has 0 saturated heterocycles. The lowest BCUT2D eigenvalue weighted by Crippen LogP contribution is -2.24. The molecule has 17 heavy (non-hydrogen) atoms. The standard InChI is InChI=1S/C10H16Cl2N4O/c1-3-17-5-4-16(2)10-8(12)6-7(11)9(14-10)15-13/h6H,3-5,13H2,1-2H3,(H,14,15).